The summed E-state index contributed by atoms with van der Waals surface area (Å²) < 4.78 is 26.7. The van der Waals surface area contributed by atoms with E-state index < -0.39 is 33.4 Å². The molecule has 0 aromatic heterocycles. The molecule has 0 bridgehead atoms. The molecule has 1 aliphatic heterocycles. The molecule has 1 rings (SSSR count). The molecule has 96 valence electrons. The van der Waals surface area contributed by atoms with Crippen molar-refractivity contribution < 1.29 is 27.9 Å². The molecule has 0 radical (unpaired) electrons. The standard InChI is InChI=1S/C8H12N2O6S/c1-2-16-8(13)10-4-3-9-5(7(11)12)6(10)17(14)15/h5,9H,2-4H2,1H3,(H,11,12)/t5-/m0/s1. The molecule has 2 N–H and O–H groups in total. The van der Waals surface area contributed by atoms with Crippen LogP contribution in [0.25, 0.3) is 0 Å². The Labute approximate surface area is 98.7 Å². The van der Waals surface area contributed by atoms with E-state index in [4.69, 9.17) is 5.11 Å². The summed E-state index contributed by atoms with van der Waals surface area (Å²) in [6.07, 6.45) is -0.862. The summed E-state index contributed by atoms with van der Waals surface area (Å²) in [7, 11) is -2.81. The zero-order valence-electron chi connectivity index (χ0n) is 9.04. The van der Waals surface area contributed by atoms with Crippen molar-refractivity contribution in [2.45, 2.75) is 13.0 Å². The number of nitrogens with one attached hydrogen (secondary N) is 1. The zero-order valence-corrected chi connectivity index (χ0v) is 9.86. The number of carbonyl (C=O) groups excluding carboxylic acids is 1. The molecule has 1 amide bonds. The number of carboxylic acid groups (broad SMARTS) is 1. The first-order chi connectivity index (χ1) is 7.99. The predicted molar refractivity (Wildman–Crippen MR) is 57.1 cm³/mol. The van der Waals surface area contributed by atoms with Gasteiger partial charge in [0.25, 0.3) is 0 Å². The Morgan fingerprint density at radius 3 is 2.71 bits per heavy atom. The van der Waals surface area contributed by atoms with Crippen LogP contribution in [0, 0.1) is 0 Å². The number of ether oxygens (including phenoxy) is 1. The highest BCUT2D eigenvalue weighted by Gasteiger charge is 2.36. The largest absolute Gasteiger partial charge is 0.480 e. The average Bonchev–Trinajstić information content (AvgIpc) is 2.28. The summed E-state index contributed by atoms with van der Waals surface area (Å²) in [6.45, 7) is 1.88. The van der Waals surface area contributed by atoms with Crippen molar-refractivity contribution in [3.05, 3.63) is 0 Å². The molecule has 0 aromatic carbocycles. The minimum atomic E-state index is -2.81. The van der Waals surface area contributed by atoms with Gasteiger partial charge in [-0.3, -0.25) is 15.0 Å². The number of aliphatic carboxylic acids is 1. The van der Waals surface area contributed by atoms with E-state index >= 15 is 0 Å². The van der Waals surface area contributed by atoms with E-state index in [0.29, 0.717) is 0 Å². The van der Waals surface area contributed by atoms with Crippen molar-refractivity contribution in [2.75, 3.05) is 19.7 Å². The van der Waals surface area contributed by atoms with Crippen LogP contribution in [0.2, 0.25) is 0 Å². The molecule has 17 heavy (non-hydrogen) atoms. The second-order valence-corrected chi connectivity index (χ2v) is 4.04. The fraction of sp³-hybridized carbons (Fsp3) is 0.625. The number of piperazine rings is 1. The smallest absolute Gasteiger partial charge is 0.414 e. The lowest BCUT2D eigenvalue weighted by Crippen LogP contribution is -2.60. The van der Waals surface area contributed by atoms with Gasteiger partial charge in [0, 0.05) is 13.1 Å². The highest BCUT2D eigenvalue weighted by atomic mass is 32.2. The van der Waals surface area contributed by atoms with Crippen molar-refractivity contribution in [1.29, 1.82) is 0 Å². The third-order valence-electron chi connectivity index (χ3n) is 2.10. The Kier molecular flexibility index (Phi) is 4.46. The molecule has 1 heterocycles. The second-order valence-electron chi connectivity index (χ2n) is 3.15. The maximum absolute atomic E-state index is 11.5. The lowest BCUT2D eigenvalue weighted by Gasteiger charge is -2.30. The third-order valence-corrected chi connectivity index (χ3v) is 2.90. The van der Waals surface area contributed by atoms with E-state index in [0.717, 1.165) is 4.90 Å². The number of rotatable bonds is 2. The fourth-order valence-electron chi connectivity index (χ4n) is 1.44. The Morgan fingerprint density at radius 2 is 2.24 bits per heavy atom. The molecule has 0 aliphatic carbocycles. The van der Waals surface area contributed by atoms with Gasteiger partial charge in [-0.05, 0) is 6.92 Å². The van der Waals surface area contributed by atoms with E-state index in [1.165, 1.54) is 0 Å². The SMILES string of the molecule is CCOC(=O)N1CCN[C@H](C(=O)O)C1=S(=O)=O. The highest BCUT2D eigenvalue weighted by molar-refractivity contribution is 7.73. The predicted octanol–water partition coefficient (Wildman–Crippen LogP) is -1.49. The molecule has 0 unspecified atom stereocenters. The van der Waals surface area contributed by atoms with Crippen LogP contribution in [0.15, 0.2) is 0 Å². The van der Waals surface area contributed by atoms with Crippen molar-refractivity contribution in [3.8, 4) is 0 Å². The highest BCUT2D eigenvalue weighted by Crippen LogP contribution is 2.05. The first kappa shape index (κ1) is 13.5. The molecule has 8 nitrogen and oxygen atoms in total. The molecule has 1 fully saturated rings. The second kappa shape index (κ2) is 5.64. The number of hydrogen-bond acceptors (Lipinski definition) is 6. The van der Waals surface area contributed by atoms with E-state index in [9.17, 15) is 18.0 Å². The summed E-state index contributed by atoms with van der Waals surface area (Å²) >= 11 is 0. The number of hydrogen-bond donors (Lipinski definition) is 2. The van der Waals surface area contributed by atoms with Gasteiger partial charge >= 0.3 is 12.1 Å². The van der Waals surface area contributed by atoms with Crippen molar-refractivity contribution in [2.24, 2.45) is 0 Å². The van der Waals surface area contributed by atoms with E-state index in [1.54, 1.807) is 6.92 Å². The molecule has 1 aliphatic rings. The normalized spacial score (nSPS) is 19.9. The van der Waals surface area contributed by atoms with Crippen molar-refractivity contribution >= 4 is 27.3 Å². The number of carbonyl (C=O) groups is 2. The topological polar surface area (TPSA) is 113 Å². The fourth-order valence-corrected chi connectivity index (χ4v) is 2.16. The van der Waals surface area contributed by atoms with Crippen LogP contribution in [0.5, 0.6) is 0 Å². The first-order valence-corrected chi connectivity index (χ1v) is 5.93. The van der Waals surface area contributed by atoms with Crippen LogP contribution in [-0.4, -0.2) is 61.2 Å². The van der Waals surface area contributed by atoms with E-state index in [2.05, 4.69) is 10.1 Å². The average molecular weight is 264 g/mol. The quantitative estimate of drug-likeness (QED) is 0.584. The summed E-state index contributed by atoms with van der Waals surface area (Å²) in [4.78, 5) is 22.6. The number of amides is 1. The van der Waals surface area contributed by atoms with Crippen LogP contribution >= 0.6 is 0 Å². The van der Waals surface area contributed by atoms with E-state index in [-0.39, 0.29) is 19.7 Å². The van der Waals surface area contributed by atoms with Crippen molar-refractivity contribution in [1.82, 2.24) is 10.2 Å². The van der Waals surface area contributed by atoms with Crippen molar-refractivity contribution in [3.63, 3.8) is 0 Å². The van der Waals surface area contributed by atoms with Gasteiger partial charge in [-0.15, -0.1) is 0 Å². The van der Waals surface area contributed by atoms with Gasteiger partial charge in [0.15, 0.2) is 11.0 Å². The van der Waals surface area contributed by atoms with Gasteiger partial charge in [0.1, 0.15) is 0 Å². The van der Waals surface area contributed by atoms with Gasteiger partial charge in [-0.2, -0.15) is 8.42 Å². The molecule has 0 spiro atoms. The molecule has 9 heteroatoms. The van der Waals surface area contributed by atoms with Gasteiger partial charge < -0.3 is 9.84 Å². The summed E-state index contributed by atoms with van der Waals surface area (Å²) in [5.74, 6) is -1.36. The summed E-state index contributed by atoms with van der Waals surface area (Å²) in [6, 6.07) is -1.42. The minimum Gasteiger partial charge on any atom is -0.480 e. The molecular weight excluding hydrogens is 252 g/mol. The third kappa shape index (κ3) is 2.94. The Hall–Kier alpha value is -1.61. The van der Waals surface area contributed by atoms with Gasteiger partial charge in [-0.1, -0.05) is 0 Å². The lowest BCUT2D eigenvalue weighted by atomic mass is 10.2. The van der Waals surface area contributed by atoms with Gasteiger partial charge in [-0.25, -0.2) is 4.79 Å². The van der Waals surface area contributed by atoms with Crippen LogP contribution in [0.1, 0.15) is 6.92 Å². The molecule has 0 aromatic rings. The number of nitrogens with zero attached hydrogens (tertiary/aromatic N) is 1. The molecular formula is C8H12N2O6S. The maximum atomic E-state index is 11.5. The molecule has 0 saturated carbocycles. The van der Waals surface area contributed by atoms with Crippen LogP contribution in [-0.2, 0) is 19.8 Å². The first-order valence-electron chi connectivity index (χ1n) is 4.85. The monoisotopic (exact) mass is 264 g/mol. The summed E-state index contributed by atoms with van der Waals surface area (Å²) in [5.41, 5.74) is 0. The van der Waals surface area contributed by atoms with E-state index in [1.807, 2.05) is 0 Å². The molecule has 1 atom stereocenters. The van der Waals surface area contributed by atoms with Crippen LogP contribution in [0.4, 0.5) is 4.79 Å². The van der Waals surface area contributed by atoms with Crippen LogP contribution in [0.3, 0.4) is 0 Å². The Bertz CT molecular complexity index is 449. The maximum Gasteiger partial charge on any atom is 0.414 e. The van der Waals surface area contributed by atoms with Gasteiger partial charge in [0.2, 0.25) is 10.3 Å². The lowest BCUT2D eigenvalue weighted by molar-refractivity contribution is -0.137. The minimum absolute atomic E-state index is 0.0475. The van der Waals surface area contributed by atoms with Crippen LogP contribution < -0.4 is 5.32 Å². The number of carboxylic acids is 1. The summed E-state index contributed by atoms with van der Waals surface area (Å²) in [5, 5.41) is 11.3. The molecule has 1 saturated heterocycles. The Morgan fingerprint density at radius 1 is 1.59 bits per heavy atom. The Balaban J connectivity index is 3.10. The van der Waals surface area contributed by atoms with Gasteiger partial charge in [0.05, 0.1) is 6.61 Å². The zero-order chi connectivity index (χ0) is 13.0.